The number of anilines is 1. The van der Waals surface area contributed by atoms with Crippen molar-refractivity contribution < 1.29 is 4.79 Å². The van der Waals surface area contributed by atoms with Gasteiger partial charge < -0.3 is 0 Å². The molecule has 2 rings (SSSR count). The molecule has 1 aliphatic heterocycles. The van der Waals surface area contributed by atoms with E-state index in [2.05, 4.69) is 28.0 Å². The van der Waals surface area contributed by atoms with E-state index in [1.807, 2.05) is 24.3 Å². The predicted octanol–water partition coefficient (Wildman–Crippen LogP) is 1.53. The molecule has 4 heteroatoms. The summed E-state index contributed by atoms with van der Waals surface area (Å²) in [6.07, 6.45) is 0.588. The molecule has 1 aromatic carbocycles. The van der Waals surface area contributed by atoms with Crippen molar-refractivity contribution in [1.29, 1.82) is 0 Å². The molecule has 1 heterocycles. The summed E-state index contributed by atoms with van der Waals surface area (Å²) in [7, 11) is 0. The lowest BCUT2D eigenvalue weighted by molar-refractivity contribution is -0.117. The number of carbonyl (C=O) groups is 1. The van der Waals surface area contributed by atoms with Gasteiger partial charge in [0.1, 0.15) is 0 Å². The molecule has 1 saturated heterocycles. The fourth-order valence-electron chi connectivity index (χ4n) is 1.33. The topological polar surface area (TPSA) is 32.3 Å². The Labute approximate surface area is 90.2 Å². The number of hydrogen-bond donors (Lipinski definition) is 1. The number of hydrogen-bond acceptors (Lipinski definition) is 2. The van der Waals surface area contributed by atoms with E-state index in [4.69, 9.17) is 0 Å². The minimum Gasteiger partial charge on any atom is -0.273 e. The Morgan fingerprint density at radius 2 is 2.15 bits per heavy atom. The van der Waals surface area contributed by atoms with Gasteiger partial charge in [-0.15, -0.1) is 0 Å². The minimum atomic E-state index is 0.143. The van der Waals surface area contributed by atoms with Crippen molar-refractivity contribution in [2.75, 3.05) is 11.6 Å². The zero-order chi connectivity index (χ0) is 9.26. The fraction of sp³-hybridized carbons (Fsp3) is 0.222. The van der Waals surface area contributed by atoms with E-state index in [9.17, 15) is 4.79 Å². The molecule has 3 nitrogen and oxygen atoms in total. The van der Waals surface area contributed by atoms with Crippen molar-refractivity contribution in [3.05, 3.63) is 27.8 Å². The van der Waals surface area contributed by atoms with Crippen LogP contribution in [0.1, 0.15) is 6.42 Å². The molecule has 1 N–H and O–H groups in total. The predicted molar refractivity (Wildman–Crippen MR) is 59.3 cm³/mol. The average Bonchev–Trinajstić information content (AvgIpc) is 2.52. The van der Waals surface area contributed by atoms with Gasteiger partial charge in [0, 0.05) is 16.5 Å². The first-order chi connectivity index (χ1) is 6.29. The van der Waals surface area contributed by atoms with Crippen LogP contribution in [0.5, 0.6) is 0 Å². The van der Waals surface area contributed by atoms with Crippen LogP contribution in [0.3, 0.4) is 0 Å². The summed E-state index contributed by atoms with van der Waals surface area (Å²) < 4.78 is 1.09. The Kier molecular flexibility index (Phi) is 2.50. The number of nitrogens with one attached hydrogen (secondary N) is 1. The number of rotatable bonds is 1. The summed E-state index contributed by atoms with van der Waals surface area (Å²) in [4.78, 5) is 11.4. The Bertz CT molecular complexity index is 340. The molecule has 0 bridgehead atoms. The van der Waals surface area contributed by atoms with E-state index in [-0.39, 0.29) is 5.91 Å². The van der Waals surface area contributed by atoms with Gasteiger partial charge in [0.15, 0.2) is 0 Å². The van der Waals surface area contributed by atoms with E-state index in [0.29, 0.717) is 6.42 Å². The molecule has 0 spiro atoms. The number of carbonyl (C=O) groups excluding carboxylic acids is 1. The van der Waals surface area contributed by atoms with Gasteiger partial charge in [-0.1, -0.05) is 12.1 Å². The average molecular weight is 288 g/mol. The number of halogens is 1. The standard InChI is InChI=1S/C9H9IN2O/c10-7-3-1-2-4-8(7)12-9(13)5-6-11-12/h1-4,11H,5-6H2. The second-order valence-electron chi connectivity index (χ2n) is 2.84. The maximum Gasteiger partial charge on any atom is 0.242 e. The number of hydrazine groups is 1. The van der Waals surface area contributed by atoms with Crippen LogP contribution in [0, 0.1) is 3.57 Å². The van der Waals surface area contributed by atoms with Crippen LogP contribution in [-0.4, -0.2) is 12.5 Å². The lowest BCUT2D eigenvalue weighted by Gasteiger charge is -2.16. The number of para-hydroxylation sites is 1. The van der Waals surface area contributed by atoms with Gasteiger partial charge in [-0.05, 0) is 34.7 Å². The van der Waals surface area contributed by atoms with Gasteiger partial charge in [-0.3, -0.25) is 4.79 Å². The summed E-state index contributed by atoms with van der Waals surface area (Å²) in [5.41, 5.74) is 3.99. The van der Waals surface area contributed by atoms with Crippen LogP contribution in [0.4, 0.5) is 5.69 Å². The molecular formula is C9H9IN2O. The van der Waals surface area contributed by atoms with Gasteiger partial charge in [0.25, 0.3) is 0 Å². The first kappa shape index (κ1) is 8.96. The Hall–Kier alpha value is -0.620. The lowest BCUT2D eigenvalue weighted by Crippen LogP contribution is -2.34. The highest BCUT2D eigenvalue weighted by molar-refractivity contribution is 14.1. The van der Waals surface area contributed by atoms with Crippen LogP contribution in [0.25, 0.3) is 0 Å². The lowest BCUT2D eigenvalue weighted by atomic mass is 10.3. The van der Waals surface area contributed by atoms with Crippen LogP contribution in [0.2, 0.25) is 0 Å². The molecule has 1 aromatic rings. The van der Waals surface area contributed by atoms with Crippen LogP contribution < -0.4 is 10.4 Å². The summed E-state index contributed by atoms with van der Waals surface area (Å²) in [5.74, 6) is 0.143. The zero-order valence-corrected chi connectivity index (χ0v) is 9.11. The molecule has 0 saturated carbocycles. The van der Waals surface area contributed by atoms with Crippen LogP contribution >= 0.6 is 22.6 Å². The summed E-state index contributed by atoms with van der Waals surface area (Å²) in [6, 6.07) is 7.83. The molecular weight excluding hydrogens is 279 g/mol. The molecule has 1 amide bonds. The smallest absolute Gasteiger partial charge is 0.242 e. The van der Waals surface area contributed by atoms with E-state index in [1.165, 1.54) is 0 Å². The molecule has 0 aromatic heterocycles. The first-order valence-electron chi connectivity index (χ1n) is 4.10. The van der Waals surface area contributed by atoms with Crippen molar-refractivity contribution in [3.8, 4) is 0 Å². The highest BCUT2D eigenvalue weighted by Crippen LogP contribution is 2.22. The monoisotopic (exact) mass is 288 g/mol. The molecule has 1 aliphatic rings. The van der Waals surface area contributed by atoms with Crippen LogP contribution in [-0.2, 0) is 4.79 Å². The Balaban J connectivity index is 2.34. The third-order valence-electron chi connectivity index (χ3n) is 1.95. The Morgan fingerprint density at radius 3 is 2.77 bits per heavy atom. The minimum absolute atomic E-state index is 0.143. The number of benzene rings is 1. The third-order valence-corrected chi connectivity index (χ3v) is 2.86. The van der Waals surface area contributed by atoms with Crippen molar-refractivity contribution >= 4 is 34.2 Å². The SMILES string of the molecule is O=C1CCNN1c1ccccc1I. The molecule has 13 heavy (non-hydrogen) atoms. The zero-order valence-electron chi connectivity index (χ0n) is 6.96. The van der Waals surface area contributed by atoms with Gasteiger partial charge in [-0.2, -0.15) is 0 Å². The quantitative estimate of drug-likeness (QED) is 0.795. The fourth-order valence-corrected chi connectivity index (χ4v) is 1.96. The normalized spacial score (nSPS) is 16.7. The van der Waals surface area contributed by atoms with Gasteiger partial charge in [0.2, 0.25) is 5.91 Å². The number of amides is 1. The highest BCUT2D eigenvalue weighted by Gasteiger charge is 2.22. The molecule has 1 fully saturated rings. The third kappa shape index (κ3) is 1.68. The van der Waals surface area contributed by atoms with Crippen molar-refractivity contribution in [1.82, 2.24) is 5.43 Å². The first-order valence-corrected chi connectivity index (χ1v) is 5.18. The van der Waals surface area contributed by atoms with E-state index in [0.717, 1.165) is 15.8 Å². The van der Waals surface area contributed by atoms with Gasteiger partial charge in [-0.25, -0.2) is 10.4 Å². The van der Waals surface area contributed by atoms with Gasteiger partial charge in [0.05, 0.1) is 5.69 Å². The van der Waals surface area contributed by atoms with Crippen molar-refractivity contribution in [3.63, 3.8) is 0 Å². The molecule has 0 atom stereocenters. The van der Waals surface area contributed by atoms with E-state index in [1.54, 1.807) is 5.01 Å². The Morgan fingerprint density at radius 1 is 1.38 bits per heavy atom. The van der Waals surface area contributed by atoms with E-state index < -0.39 is 0 Å². The highest BCUT2D eigenvalue weighted by atomic mass is 127. The van der Waals surface area contributed by atoms with Crippen molar-refractivity contribution in [2.45, 2.75) is 6.42 Å². The summed E-state index contributed by atoms with van der Waals surface area (Å²) >= 11 is 2.23. The second-order valence-corrected chi connectivity index (χ2v) is 4.00. The number of nitrogens with zero attached hydrogens (tertiary/aromatic N) is 1. The largest absolute Gasteiger partial charge is 0.273 e. The molecule has 0 aliphatic carbocycles. The van der Waals surface area contributed by atoms with E-state index >= 15 is 0 Å². The second kappa shape index (κ2) is 3.63. The maximum absolute atomic E-state index is 11.4. The van der Waals surface area contributed by atoms with Gasteiger partial charge >= 0.3 is 0 Å². The molecule has 0 unspecified atom stereocenters. The van der Waals surface area contributed by atoms with Crippen LogP contribution in [0.15, 0.2) is 24.3 Å². The summed E-state index contributed by atoms with van der Waals surface area (Å²) in [5, 5.41) is 1.63. The van der Waals surface area contributed by atoms with Crippen molar-refractivity contribution in [2.24, 2.45) is 0 Å². The molecule has 68 valence electrons. The molecule has 0 radical (unpaired) electrons. The maximum atomic E-state index is 11.4. The summed E-state index contributed by atoms with van der Waals surface area (Å²) in [6.45, 7) is 0.740.